The van der Waals surface area contributed by atoms with Gasteiger partial charge in [0.2, 0.25) is 5.95 Å². The monoisotopic (exact) mass is 412 g/mol. The summed E-state index contributed by atoms with van der Waals surface area (Å²) in [5, 5.41) is 7.53. The van der Waals surface area contributed by atoms with E-state index in [4.69, 9.17) is 16.3 Å². The lowest BCUT2D eigenvalue weighted by atomic mass is 10.2. The average molecular weight is 413 g/mol. The Morgan fingerprint density at radius 2 is 2.00 bits per heavy atom. The molecule has 4 rings (SSSR count). The second kappa shape index (κ2) is 8.59. The molecule has 3 heterocycles. The molecule has 0 bridgehead atoms. The lowest BCUT2D eigenvalue weighted by Crippen LogP contribution is -2.44. The molecular weight excluding hydrogens is 392 g/mol. The number of aryl methyl sites for hydroxylation is 1. The number of nitrogens with zero attached hydrogens (tertiary/aromatic N) is 4. The Bertz CT molecular complexity index is 1020. The van der Waals surface area contributed by atoms with E-state index in [1.807, 2.05) is 13.0 Å². The van der Waals surface area contributed by atoms with E-state index < -0.39 is 0 Å². The lowest BCUT2D eigenvalue weighted by Gasteiger charge is -2.27. The molecule has 1 fully saturated rings. The number of halogens is 1. The summed E-state index contributed by atoms with van der Waals surface area (Å²) >= 11 is 5.84. The Morgan fingerprint density at radius 3 is 2.76 bits per heavy atom. The molecule has 9 heteroatoms. The van der Waals surface area contributed by atoms with Gasteiger partial charge in [-0.05, 0) is 37.3 Å². The number of rotatable bonds is 5. The highest BCUT2D eigenvalue weighted by Gasteiger charge is 2.16. The largest absolute Gasteiger partial charge is 0.484 e. The summed E-state index contributed by atoms with van der Waals surface area (Å²) in [6, 6.07) is 8.67. The number of amides is 1. The van der Waals surface area contributed by atoms with Crippen LogP contribution in [0.3, 0.4) is 0 Å². The highest BCUT2D eigenvalue weighted by atomic mass is 35.5. The van der Waals surface area contributed by atoms with Crippen LogP contribution in [0.25, 0.3) is 11.0 Å². The predicted octanol–water partition coefficient (Wildman–Crippen LogP) is 2.41. The van der Waals surface area contributed by atoms with E-state index in [0.717, 1.165) is 37.3 Å². The topological polar surface area (TPSA) is 92.3 Å². The predicted molar refractivity (Wildman–Crippen MR) is 113 cm³/mol. The van der Waals surface area contributed by atoms with Crippen LogP contribution in [0.2, 0.25) is 5.02 Å². The summed E-state index contributed by atoms with van der Waals surface area (Å²) in [4.78, 5) is 28.0. The lowest BCUT2D eigenvalue weighted by molar-refractivity contribution is -0.118. The first-order valence-corrected chi connectivity index (χ1v) is 9.74. The normalized spacial score (nSPS) is 14.1. The molecule has 150 valence electrons. The molecule has 8 nitrogen and oxygen atoms in total. The van der Waals surface area contributed by atoms with Crippen LogP contribution in [0.5, 0.6) is 5.75 Å². The van der Waals surface area contributed by atoms with Gasteiger partial charge in [-0.25, -0.2) is 9.97 Å². The molecule has 0 unspecified atom stereocenters. The van der Waals surface area contributed by atoms with Crippen molar-refractivity contribution in [3.63, 3.8) is 0 Å². The van der Waals surface area contributed by atoms with Gasteiger partial charge in [-0.2, -0.15) is 4.98 Å². The van der Waals surface area contributed by atoms with E-state index in [2.05, 4.69) is 30.5 Å². The van der Waals surface area contributed by atoms with Crippen LogP contribution in [0.1, 0.15) is 5.69 Å². The number of fused-ring (bicyclic) bond motifs is 1. The standard InChI is InChI=1S/C20H21ClN6O2/c1-13-17-10-15(25-18(28)12-29-16-4-2-14(21)3-5-16)11-23-19(17)26-20(24-13)27-8-6-22-7-9-27/h2-5,10-11,22H,6-9,12H2,1H3,(H,25,28). The van der Waals surface area contributed by atoms with Crippen LogP contribution in [0.15, 0.2) is 36.5 Å². The number of carbonyl (C=O) groups is 1. The molecule has 0 radical (unpaired) electrons. The van der Waals surface area contributed by atoms with Crippen LogP contribution < -0.4 is 20.3 Å². The zero-order valence-corrected chi connectivity index (χ0v) is 16.7. The Balaban J connectivity index is 1.44. The first-order valence-electron chi connectivity index (χ1n) is 9.37. The molecule has 1 aliphatic rings. The summed E-state index contributed by atoms with van der Waals surface area (Å²) in [6.07, 6.45) is 1.59. The average Bonchev–Trinajstić information content (AvgIpc) is 2.74. The molecule has 1 aliphatic heterocycles. The van der Waals surface area contributed by atoms with Gasteiger partial charge in [-0.3, -0.25) is 4.79 Å². The van der Waals surface area contributed by atoms with Crippen LogP contribution >= 0.6 is 11.6 Å². The highest BCUT2D eigenvalue weighted by Crippen LogP contribution is 2.21. The first-order chi connectivity index (χ1) is 14.1. The van der Waals surface area contributed by atoms with Crippen LogP contribution in [0.4, 0.5) is 11.6 Å². The van der Waals surface area contributed by atoms with E-state index in [1.165, 1.54) is 0 Å². The van der Waals surface area contributed by atoms with Gasteiger partial charge < -0.3 is 20.3 Å². The molecule has 3 aromatic rings. The first kappa shape index (κ1) is 19.4. The Hall–Kier alpha value is -2.97. The summed E-state index contributed by atoms with van der Waals surface area (Å²) in [5.41, 5.74) is 2.01. The molecule has 29 heavy (non-hydrogen) atoms. The van der Waals surface area contributed by atoms with Gasteiger partial charge in [0, 0.05) is 36.6 Å². The van der Waals surface area contributed by atoms with Crippen molar-refractivity contribution < 1.29 is 9.53 Å². The number of nitrogens with one attached hydrogen (secondary N) is 2. The van der Waals surface area contributed by atoms with Crippen LogP contribution in [0, 0.1) is 6.92 Å². The Kier molecular flexibility index (Phi) is 5.73. The number of hydrogen-bond donors (Lipinski definition) is 2. The minimum atomic E-state index is -0.280. The number of benzene rings is 1. The van der Waals surface area contributed by atoms with Gasteiger partial charge in [0.1, 0.15) is 5.75 Å². The summed E-state index contributed by atoms with van der Waals surface area (Å²) < 4.78 is 5.46. The molecule has 0 saturated carbocycles. The molecule has 2 N–H and O–H groups in total. The number of aromatic nitrogens is 3. The van der Waals surface area contributed by atoms with E-state index in [9.17, 15) is 4.79 Å². The molecule has 1 saturated heterocycles. The summed E-state index contributed by atoms with van der Waals surface area (Å²) in [6.45, 7) is 5.37. The fourth-order valence-electron chi connectivity index (χ4n) is 3.09. The molecule has 1 amide bonds. The third kappa shape index (κ3) is 4.72. The molecule has 0 atom stereocenters. The van der Waals surface area contributed by atoms with Crippen LogP contribution in [-0.4, -0.2) is 53.6 Å². The van der Waals surface area contributed by atoms with Gasteiger partial charge in [-0.1, -0.05) is 11.6 Å². The van der Waals surface area contributed by atoms with E-state index in [0.29, 0.717) is 28.1 Å². The van der Waals surface area contributed by atoms with Crippen molar-refractivity contribution in [3.05, 3.63) is 47.2 Å². The summed E-state index contributed by atoms with van der Waals surface area (Å²) in [5.74, 6) is 0.986. The second-order valence-electron chi connectivity index (χ2n) is 6.73. The van der Waals surface area contributed by atoms with E-state index in [1.54, 1.807) is 30.5 Å². The minimum Gasteiger partial charge on any atom is -0.484 e. The second-order valence-corrected chi connectivity index (χ2v) is 7.17. The van der Waals surface area contributed by atoms with Crippen molar-refractivity contribution in [3.8, 4) is 5.75 Å². The molecule has 2 aromatic heterocycles. The van der Waals surface area contributed by atoms with E-state index >= 15 is 0 Å². The van der Waals surface area contributed by atoms with Crippen molar-refractivity contribution in [2.45, 2.75) is 6.92 Å². The van der Waals surface area contributed by atoms with Gasteiger partial charge >= 0.3 is 0 Å². The van der Waals surface area contributed by atoms with E-state index in [-0.39, 0.29) is 12.5 Å². The quantitative estimate of drug-likeness (QED) is 0.664. The molecule has 0 aliphatic carbocycles. The van der Waals surface area contributed by atoms with Crippen LogP contribution in [-0.2, 0) is 4.79 Å². The van der Waals surface area contributed by atoms with Gasteiger partial charge in [0.05, 0.1) is 17.6 Å². The van der Waals surface area contributed by atoms with Gasteiger partial charge in [0.25, 0.3) is 5.91 Å². The highest BCUT2D eigenvalue weighted by molar-refractivity contribution is 6.30. The Labute approximate surface area is 173 Å². The number of hydrogen-bond acceptors (Lipinski definition) is 7. The SMILES string of the molecule is Cc1nc(N2CCNCC2)nc2ncc(NC(=O)COc3ccc(Cl)cc3)cc12. The number of anilines is 2. The zero-order valence-electron chi connectivity index (χ0n) is 16.0. The third-order valence-corrected chi connectivity index (χ3v) is 4.85. The van der Waals surface area contributed by atoms with Gasteiger partial charge in [0.15, 0.2) is 12.3 Å². The zero-order chi connectivity index (χ0) is 20.2. The molecule has 0 spiro atoms. The van der Waals surface area contributed by atoms with Crippen molar-refractivity contribution in [1.29, 1.82) is 0 Å². The van der Waals surface area contributed by atoms with Crippen molar-refractivity contribution >= 4 is 40.2 Å². The van der Waals surface area contributed by atoms with Gasteiger partial charge in [-0.15, -0.1) is 0 Å². The number of piperazine rings is 1. The maximum absolute atomic E-state index is 12.2. The fourth-order valence-corrected chi connectivity index (χ4v) is 3.22. The fraction of sp³-hybridized carbons (Fsp3) is 0.300. The number of pyridine rings is 1. The van der Waals surface area contributed by atoms with Crippen molar-refractivity contribution in [2.75, 3.05) is 43.0 Å². The third-order valence-electron chi connectivity index (χ3n) is 4.60. The maximum Gasteiger partial charge on any atom is 0.262 e. The smallest absolute Gasteiger partial charge is 0.262 e. The number of ether oxygens (including phenoxy) is 1. The van der Waals surface area contributed by atoms with Crippen molar-refractivity contribution in [2.24, 2.45) is 0 Å². The maximum atomic E-state index is 12.2. The number of carbonyl (C=O) groups excluding carboxylic acids is 1. The summed E-state index contributed by atoms with van der Waals surface area (Å²) in [7, 11) is 0. The Morgan fingerprint density at radius 1 is 1.24 bits per heavy atom. The molecular formula is C20H21ClN6O2. The minimum absolute atomic E-state index is 0.114. The molecule has 1 aromatic carbocycles. The van der Waals surface area contributed by atoms with Crippen molar-refractivity contribution in [1.82, 2.24) is 20.3 Å².